The van der Waals surface area contributed by atoms with E-state index >= 15 is 0 Å². The van der Waals surface area contributed by atoms with Crippen molar-refractivity contribution in [2.75, 3.05) is 0 Å². The second kappa shape index (κ2) is 5.85. The van der Waals surface area contributed by atoms with Crippen LogP contribution in [-0.2, 0) is 12.8 Å². The standard InChI is InChI=1S/C13H13Cl2NS/c1-2-4-9-8-17-13(16-9)7-10-11(14)5-3-6-12(10)15/h3,5-6,8H,2,4,7H2,1H3. The Hall–Kier alpha value is -0.570. The Bertz CT molecular complexity index is 488. The molecule has 17 heavy (non-hydrogen) atoms. The first-order valence-electron chi connectivity index (χ1n) is 5.57. The summed E-state index contributed by atoms with van der Waals surface area (Å²) in [4.78, 5) is 4.58. The summed E-state index contributed by atoms with van der Waals surface area (Å²) in [7, 11) is 0. The summed E-state index contributed by atoms with van der Waals surface area (Å²) in [6.07, 6.45) is 2.87. The van der Waals surface area contributed by atoms with E-state index < -0.39 is 0 Å². The molecule has 0 N–H and O–H groups in total. The van der Waals surface area contributed by atoms with Gasteiger partial charge in [-0.15, -0.1) is 11.3 Å². The molecule has 1 aromatic carbocycles. The molecule has 0 aliphatic carbocycles. The first-order valence-corrected chi connectivity index (χ1v) is 7.20. The fourth-order valence-corrected chi connectivity index (χ4v) is 3.02. The van der Waals surface area contributed by atoms with E-state index in [0.29, 0.717) is 16.5 Å². The van der Waals surface area contributed by atoms with Crippen LogP contribution in [0.15, 0.2) is 23.6 Å². The highest BCUT2D eigenvalue weighted by molar-refractivity contribution is 7.09. The molecule has 1 nitrogen and oxygen atoms in total. The summed E-state index contributed by atoms with van der Waals surface area (Å²) < 4.78 is 0. The van der Waals surface area contributed by atoms with Gasteiger partial charge in [-0.3, -0.25) is 0 Å². The van der Waals surface area contributed by atoms with Gasteiger partial charge >= 0.3 is 0 Å². The van der Waals surface area contributed by atoms with Crippen molar-refractivity contribution < 1.29 is 0 Å². The second-order valence-electron chi connectivity index (χ2n) is 3.86. The highest BCUT2D eigenvalue weighted by atomic mass is 35.5. The molecule has 1 heterocycles. The van der Waals surface area contributed by atoms with E-state index in [4.69, 9.17) is 23.2 Å². The molecule has 90 valence electrons. The molecule has 2 aromatic rings. The summed E-state index contributed by atoms with van der Waals surface area (Å²) in [5.74, 6) is 0. The van der Waals surface area contributed by atoms with Gasteiger partial charge in [0, 0.05) is 21.8 Å². The molecule has 0 spiro atoms. The van der Waals surface area contributed by atoms with Gasteiger partial charge in [-0.2, -0.15) is 0 Å². The van der Waals surface area contributed by atoms with Crippen LogP contribution in [-0.4, -0.2) is 4.98 Å². The third-order valence-corrected chi connectivity index (χ3v) is 4.10. The molecule has 0 unspecified atom stereocenters. The molecule has 4 heteroatoms. The molecule has 0 fully saturated rings. The lowest BCUT2D eigenvalue weighted by Gasteiger charge is -2.04. The third-order valence-electron chi connectivity index (χ3n) is 2.50. The van der Waals surface area contributed by atoms with Crippen molar-refractivity contribution >= 4 is 34.5 Å². The Morgan fingerprint density at radius 1 is 1.24 bits per heavy atom. The smallest absolute Gasteiger partial charge is 0.0973 e. The molecule has 0 amide bonds. The summed E-state index contributed by atoms with van der Waals surface area (Å²) in [5.41, 5.74) is 2.13. The van der Waals surface area contributed by atoms with Crippen molar-refractivity contribution in [3.8, 4) is 0 Å². The SMILES string of the molecule is CCCc1csc(Cc2c(Cl)cccc2Cl)n1. The largest absolute Gasteiger partial charge is 0.246 e. The van der Waals surface area contributed by atoms with E-state index in [1.807, 2.05) is 18.2 Å². The van der Waals surface area contributed by atoms with Crippen molar-refractivity contribution in [2.24, 2.45) is 0 Å². The van der Waals surface area contributed by atoms with E-state index in [9.17, 15) is 0 Å². The molecule has 0 atom stereocenters. The topological polar surface area (TPSA) is 12.9 Å². The van der Waals surface area contributed by atoms with Crippen molar-refractivity contribution in [3.05, 3.63) is 49.9 Å². The summed E-state index contributed by atoms with van der Waals surface area (Å²) in [6.45, 7) is 2.16. The van der Waals surface area contributed by atoms with Gasteiger partial charge in [-0.05, 0) is 24.1 Å². The molecule has 0 saturated heterocycles. The first kappa shape index (κ1) is 12.9. The van der Waals surface area contributed by atoms with Crippen LogP contribution in [0.2, 0.25) is 10.0 Å². The van der Waals surface area contributed by atoms with Crippen LogP contribution in [0, 0.1) is 0 Å². The van der Waals surface area contributed by atoms with Crippen LogP contribution < -0.4 is 0 Å². The van der Waals surface area contributed by atoms with Crippen LogP contribution in [0.3, 0.4) is 0 Å². The first-order chi connectivity index (χ1) is 8.20. The lowest BCUT2D eigenvalue weighted by molar-refractivity contribution is 0.883. The maximum atomic E-state index is 6.14. The number of thiazole rings is 1. The predicted molar refractivity (Wildman–Crippen MR) is 75.4 cm³/mol. The van der Waals surface area contributed by atoms with Gasteiger partial charge in [0.1, 0.15) is 0 Å². The normalized spacial score (nSPS) is 10.8. The Balaban J connectivity index is 2.19. The maximum absolute atomic E-state index is 6.14. The summed E-state index contributed by atoms with van der Waals surface area (Å²) >= 11 is 14.0. The van der Waals surface area contributed by atoms with Crippen molar-refractivity contribution in [1.29, 1.82) is 0 Å². The van der Waals surface area contributed by atoms with Gasteiger partial charge in [0.2, 0.25) is 0 Å². The average Bonchev–Trinajstić information content (AvgIpc) is 2.72. The number of rotatable bonds is 4. The van der Waals surface area contributed by atoms with Gasteiger partial charge in [0.25, 0.3) is 0 Å². The van der Waals surface area contributed by atoms with Crippen LogP contribution in [0.5, 0.6) is 0 Å². The number of hydrogen-bond donors (Lipinski definition) is 0. The van der Waals surface area contributed by atoms with E-state index in [1.165, 1.54) is 0 Å². The molecular formula is C13H13Cl2NS. The summed E-state index contributed by atoms with van der Waals surface area (Å²) in [6, 6.07) is 5.59. The Kier molecular flexibility index (Phi) is 4.43. The van der Waals surface area contributed by atoms with Crippen LogP contribution >= 0.6 is 34.5 Å². The molecular weight excluding hydrogens is 273 g/mol. The minimum Gasteiger partial charge on any atom is -0.246 e. The number of hydrogen-bond acceptors (Lipinski definition) is 2. The van der Waals surface area contributed by atoms with Crippen LogP contribution in [0.1, 0.15) is 29.6 Å². The van der Waals surface area contributed by atoms with Gasteiger partial charge < -0.3 is 0 Å². The predicted octanol–water partition coefficient (Wildman–Crippen LogP) is 4.99. The number of benzene rings is 1. The van der Waals surface area contributed by atoms with Crippen LogP contribution in [0.4, 0.5) is 0 Å². The zero-order valence-corrected chi connectivity index (χ0v) is 11.9. The van der Waals surface area contributed by atoms with Gasteiger partial charge in [0.15, 0.2) is 0 Å². The Labute approximate surface area is 115 Å². The Morgan fingerprint density at radius 2 is 1.94 bits per heavy atom. The highest BCUT2D eigenvalue weighted by Gasteiger charge is 2.09. The highest BCUT2D eigenvalue weighted by Crippen LogP contribution is 2.27. The van der Waals surface area contributed by atoms with Crippen molar-refractivity contribution in [1.82, 2.24) is 4.98 Å². The molecule has 2 rings (SSSR count). The quantitative estimate of drug-likeness (QED) is 0.771. The zero-order chi connectivity index (χ0) is 12.3. The van der Waals surface area contributed by atoms with E-state index in [-0.39, 0.29) is 0 Å². The number of nitrogens with zero attached hydrogens (tertiary/aromatic N) is 1. The number of aryl methyl sites for hydroxylation is 1. The number of halogens is 2. The van der Waals surface area contributed by atoms with E-state index in [1.54, 1.807) is 11.3 Å². The van der Waals surface area contributed by atoms with E-state index in [0.717, 1.165) is 29.1 Å². The lowest BCUT2D eigenvalue weighted by Crippen LogP contribution is -1.91. The van der Waals surface area contributed by atoms with Crippen molar-refractivity contribution in [3.63, 3.8) is 0 Å². The fraction of sp³-hybridized carbons (Fsp3) is 0.308. The van der Waals surface area contributed by atoms with Gasteiger partial charge in [-0.25, -0.2) is 4.98 Å². The van der Waals surface area contributed by atoms with E-state index in [2.05, 4.69) is 17.3 Å². The lowest BCUT2D eigenvalue weighted by atomic mass is 10.1. The minimum atomic E-state index is 0.713. The monoisotopic (exact) mass is 285 g/mol. The molecule has 0 aliphatic heterocycles. The third kappa shape index (κ3) is 3.21. The molecule has 0 bridgehead atoms. The fourth-order valence-electron chi connectivity index (χ4n) is 1.65. The maximum Gasteiger partial charge on any atom is 0.0973 e. The average molecular weight is 286 g/mol. The number of aromatic nitrogens is 1. The molecule has 1 aromatic heterocycles. The van der Waals surface area contributed by atoms with Gasteiger partial charge in [0.05, 0.1) is 10.7 Å². The Morgan fingerprint density at radius 3 is 2.59 bits per heavy atom. The molecule has 0 saturated carbocycles. The minimum absolute atomic E-state index is 0.713. The molecule has 0 radical (unpaired) electrons. The molecule has 0 aliphatic rings. The van der Waals surface area contributed by atoms with Crippen LogP contribution in [0.25, 0.3) is 0 Å². The van der Waals surface area contributed by atoms with Crippen molar-refractivity contribution in [2.45, 2.75) is 26.2 Å². The second-order valence-corrected chi connectivity index (χ2v) is 5.62. The zero-order valence-electron chi connectivity index (χ0n) is 9.54. The van der Waals surface area contributed by atoms with Gasteiger partial charge in [-0.1, -0.05) is 42.6 Å². The summed E-state index contributed by atoms with van der Waals surface area (Å²) in [5, 5.41) is 4.61.